The summed E-state index contributed by atoms with van der Waals surface area (Å²) in [6, 6.07) is 25.7. The highest BCUT2D eigenvalue weighted by molar-refractivity contribution is 6.30. The van der Waals surface area contributed by atoms with Crippen molar-refractivity contribution < 1.29 is 0 Å². The Balaban J connectivity index is 1.66. The van der Waals surface area contributed by atoms with E-state index >= 15 is 0 Å². The second-order valence-corrected chi connectivity index (χ2v) is 6.32. The topological polar surface area (TPSA) is 49.8 Å². The van der Waals surface area contributed by atoms with E-state index in [4.69, 9.17) is 11.6 Å². The van der Waals surface area contributed by atoms with Gasteiger partial charge >= 0.3 is 0 Å². The summed E-state index contributed by atoms with van der Waals surface area (Å²) in [6.07, 6.45) is 0. The van der Waals surface area contributed by atoms with Crippen LogP contribution in [0.5, 0.6) is 0 Å². The average molecular weight is 361 g/mol. The van der Waals surface area contributed by atoms with Crippen LogP contribution in [0.3, 0.4) is 0 Å². The van der Waals surface area contributed by atoms with Crippen molar-refractivity contribution in [3.8, 4) is 0 Å². The van der Waals surface area contributed by atoms with Gasteiger partial charge in [0.2, 0.25) is 5.95 Å². The van der Waals surface area contributed by atoms with Gasteiger partial charge in [-0.2, -0.15) is 4.98 Å². The molecule has 5 heteroatoms. The first-order chi connectivity index (χ1) is 12.8. The van der Waals surface area contributed by atoms with Gasteiger partial charge in [0, 0.05) is 22.6 Å². The fraction of sp³-hybridized carbons (Fsp3) is 0.0476. The first-order valence-electron chi connectivity index (χ1n) is 8.35. The molecule has 3 aromatic carbocycles. The van der Waals surface area contributed by atoms with Crippen LogP contribution in [-0.4, -0.2) is 9.97 Å². The van der Waals surface area contributed by atoms with Crippen molar-refractivity contribution in [2.45, 2.75) is 6.54 Å². The number of aromatic nitrogens is 2. The van der Waals surface area contributed by atoms with Crippen molar-refractivity contribution >= 4 is 40.0 Å². The summed E-state index contributed by atoms with van der Waals surface area (Å²) >= 11 is 6.09. The van der Waals surface area contributed by atoms with Gasteiger partial charge in [0.05, 0.1) is 5.52 Å². The molecule has 0 amide bonds. The van der Waals surface area contributed by atoms with Crippen LogP contribution in [0, 0.1) is 0 Å². The van der Waals surface area contributed by atoms with Crippen molar-refractivity contribution in [2.24, 2.45) is 0 Å². The predicted molar refractivity (Wildman–Crippen MR) is 108 cm³/mol. The third kappa shape index (κ3) is 3.76. The number of nitrogens with one attached hydrogen (secondary N) is 2. The van der Waals surface area contributed by atoms with Crippen molar-refractivity contribution in [2.75, 3.05) is 10.6 Å². The predicted octanol–water partition coefficient (Wildman–Crippen LogP) is 5.64. The normalized spacial score (nSPS) is 10.7. The lowest BCUT2D eigenvalue weighted by Crippen LogP contribution is -2.06. The van der Waals surface area contributed by atoms with Crippen LogP contribution in [0.15, 0.2) is 78.9 Å². The highest BCUT2D eigenvalue weighted by Crippen LogP contribution is 2.26. The molecule has 1 aromatic heterocycles. The Bertz CT molecular complexity index is 1030. The molecular formula is C21H17ClN4. The molecule has 4 nitrogen and oxygen atoms in total. The van der Waals surface area contributed by atoms with Gasteiger partial charge in [0.1, 0.15) is 5.82 Å². The van der Waals surface area contributed by atoms with Crippen LogP contribution in [-0.2, 0) is 6.54 Å². The Morgan fingerprint density at radius 3 is 2.46 bits per heavy atom. The lowest BCUT2D eigenvalue weighted by molar-refractivity contribution is 1.07. The van der Waals surface area contributed by atoms with Gasteiger partial charge in [-0.15, -0.1) is 0 Å². The number of hydrogen-bond acceptors (Lipinski definition) is 4. The number of fused-ring (bicyclic) bond motifs is 1. The summed E-state index contributed by atoms with van der Waals surface area (Å²) in [4.78, 5) is 9.29. The third-order valence-electron chi connectivity index (χ3n) is 3.98. The zero-order chi connectivity index (χ0) is 17.8. The van der Waals surface area contributed by atoms with E-state index in [1.807, 2.05) is 66.7 Å². The summed E-state index contributed by atoms with van der Waals surface area (Å²) < 4.78 is 0. The molecule has 1 heterocycles. The SMILES string of the molecule is Clc1cccc(Nc2nc(NCc3ccccc3)nc3ccccc23)c1. The maximum Gasteiger partial charge on any atom is 0.225 e. The summed E-state index contributed by atoms with van der Waals surface area (Å²) in [5.74, 6) is 1.32. The lowest BCUT2D eigenvalue weighted by atomic mass is 10.2. The van der Waals surface area contributed by atoms with E-state index < -0.39 is 0 Å². The number of para-hydroxylation sites is 1. The van der Waals surface area contributed by atoms with Gasteiger partial charge in [-0.3, -0.25) is 0 Å². The Morgan fingerprint density at radius 1 is 0.808 bits per heavy atom. The van der Waals surface area contributed by atoms with E-state index in [2.05, 4.69) is 32.7 Å². The molecule has 0 saturated heterocycles. The molecule has 4 rings (SSSR count). The fourth-order valence-electron chi connectivity index (χ4n) is 2.73. The molecule has 2 N–H and O–H groups in total. The number of halogens is 1. The summed E-state index contributed by atoms with van der Waals surface area (Å²) in [6.45, 7) is 0.662. The molecule has 4 aromatic rings. The van der Waals surface area contributed by atoms with E-state index in [1.165, 1.54) is 5.56 Å². The summed E-state index contributed by atoms with van der Waals surface area (Å²) in [7, 11) is 0. The van der Waals surface area contributed by atoms with Crippen molar-refractivity contribution in [1.82, 2.24) is 9.97 Å². The van der Waals surface area contributed by atoms with Crippen molar-refractivity contribution in [1.29, 1.82) is 0 Å². The minimum absolute atomic E-state index is 0.581. The van der Waals surface area contributed by atoms with Crippen LogP contribution in [0.2, 0.25) is 5.02 Å². The van der Waals surface area contributed by atoms with Gasteiger partial charge in [-0.1, -0.05) is 60.1 Å². The van der Waals surface area contributed by atoms with Crippen LogP contribution in [0.1, 0.15) is 5.56 Å². The highest BCUT2D eigenvalue weighted by Gasteiger charge is 2.08. The molecular weight excluding hydrogens is 344 g/mol. The number of hydrogen-bond donors (Lipinski definition) is 2. The van der Waals surface area contributed by atoms with Crippen molar-refractivity contribution in [3.05, 3.63) is 89.4 Å². The number of nitrogens with zero attached hydrogens (tertiary/aromatic N) is 2. The molecule has 128 valence electrons. The minimum atomic E-state index is 0.581. The van der Waals surface area contributed by atoms with E-state index in [1.54, 1.807) is 0 Å². The highest BCUT2D eigenvalue weighted by atomic mass is 35.5. The molecule has 26 heavy (non-hydrogen) atoms. The zero-order valence-corrected chi connectivity index (χ0v) is 14.7. The maximum atomic E-state index is 6.09. The van der Waals surface area contributed by atoms with Crippen LogP contribution in [0.4, 0.5) is 17.5 Å². The maximum absolute atomic E-state index is 6.09. The van der Waals surface area contributed by atoms with Gasteiger partial charge in [0.25, 0.3) is 0 Å². The Kier molecular flexibility index (Phi) is 4.67. The quantitative estimate of drug-likeness (QED) is 0.483. The Hall–Kier alpha value is -3.11. The molecule has 0 bridgehead atoms. The molecule has 0 aliphatic heterocycles. The summed E-state index contributed by atoms with van der Waals surface area (Å²) in [5.41, 5.74) is 2.94. The second kappa shape index (κ2) is 7.42. The molecule has 0 unspecified atom stereocenters. The first-order valence-corrected chi connectivity index (χ1v) is 8.73. The number of rotatable bonds is 5. The number of benzene rings is 3. The van der Waals surface area contributed by atoms with Crippen LogP contribution < -0.4 is 10.6 Å². The molecule has 0 saturated carbocycles. The van der Waals surface area contributed by atoms with E-state index in [9.17, 15) is 0 Å². The second-order valence-electron chi connectivity index (χ2n) is 5.89. The number of anilines is 3. The summed E-state index contributed by atoms with van der Waals surface area (Å²) in [5, 5.41) is 8.29. The first kappa shape index (κ1) is 16.4. The van der Waals surface area contributed by atoms with E-state index in [0.717, 1.165) is 22.4 Å². The molecule has 0 atom stereocenters. The molecule has 0 aliphatic rings. The lowest BCUT2D eigenvalue weighted by Gasteiger charge is -2.12. The van der Waals surface area contributed by atoms with Gasteiger partial charge < -0.3 is 10.6 Å². The van der Waals surface area contributed by atoms with E-state index in [-0.39, 0.29) is 0 Å². The third-order valence-corrected chi connectivity index (χ3v) is 4.22. The van der Waals surface area contributed by atoms with Crippen LogP contribution in [0.25, 0.3) is 10.9 Å². The molecule has 0 spiro atoms. The van der Waals surface area contributed by atoms with Crippen LogP contribution >= 0.6 is 11.6 Å². The largest absolute Gasteiger partial charge is 0.350 e. The average Bonchev–Trinajstić information content (AvgIpc) is 2.67. The minimum Gasteiger partial charge on any atom is -0.350 e. The van der Waals surface area contributed by atoms with E-state index in [0.29, 0.717) is 17.5 Å². The standard InChI is InChI=1S/C21H17ClN4/c22-16-9-6-10-17(13-16)24-20-18-11-4-5-12-19(18)25-21(26-20)23-14-15-7-2-1-3-8-15/h1-13H,14H2,(H2,23,24,25,26). The van der Waals surface area contributed by atoms with Gasteiger partial charge in [0.15, 0.2) is 0 Å². The monoisotopic (exact) mass is 360 g/mol. The van der Waals surface area contributed by atoms with Crippen molar-refractivity contribution in [3.63, 3.8) is 0 Å². The van der Waals surface area contributed by atoms with Gasteiger partial charge in [-0.05, 0) is 35.9 Å². The molecule has 0 fully saturated rings. The Morgan fingerprint density at radius 2 is 1.62 bits per heavy atom. The smallest absolute Gasteiger partial charge is 0.225 e. The molecule has 0 aliphatic carbocycles. The fourth-order valence-corrected chi connectivity index (χ4v) is 2.92. The zero-order valence-electron chi connectivity index (χ0n) is 14.0. The van der Waals surface area contributed by atoms with Gasteiger partial charge in [-0.25, -0.2) is 4.98 Å². The molecule has 0 radical (unpaired) electrons. The Labute approximate surface area is 156 Å².